The maximum Gasteiger partial charge on any atom is 0.338 e. The van der Waals surface area contributed by atoms with Gasteiger partial charge in [0.15, 0.2) is 0 Å². The SMILES string of the molecule is C=C(C)C(=O)Oc1ccc(O)cc1.C=Cc1ccc(C(=O)OC(C)(C)C)cc1.C=Cc1ccc(C(=O)OC2(C)CCCCC2)cc1.C=Cc1ccc(OC(C)=O)cc1. The molecule has 0 saturated heterocycles. The molecule has 0 aromatic heterocycles. The lowest BCUT2D eigenvalue weighted by molar-refractivity contribution is -0.132. The van der Waals surface area contributed by atoms with Gasteiger partial charge in [-0.1, -0.05) is 87.4 Å². The zero-order valence-electron chi connectivity index (χ0n) is 34.5. The van der Waals surface area contributed by atoms with E-state index in [1.54, 1.807) is 61.5 Å². The third-order valence-corrected chi connectivity index (χ3v) is 8.19. The van der Waals surface area contributed by atoms with Crippen molar-refractivity contribution < 1.29 is 43.2 Å². The van der Waals surface area contributed by atoms with E-state index in [2.05, 4.69) is 26.3 Å². The van der Waals surface area contributed by atoms with Gasteiger partial charge in [0.1, 0.15) is 28.5 Å². The van der Waals surface area contributed by atoms with Gasteiger partial charge in [-0.05, 0) is 138 Å². The van der Waals surface area contributed by atoms with Crippen LogP contribution < -0.4 is 9.47 Å². The summed E-state index contributed by atoms with van der Waals surface area (Å²) in [6, 6.07) is 27.6. The Morgan fingerprint density at radius 2 is 1.02 bits per heavy atom. The predicted octanol–water partition coefficient (Wildman–Crippen LogP) is 11.6. The van der Waals surface area contributed by atoms with Crippen molar-refractivity contribution in [1.82, 2.24) is 0 Å². The highest BCUT2D eigenvalue weighted by molar-refractivity contribution is 5.90. The summed E-state index contributed by atoms with van der Waals surface area (Å²) in [5.41, 5.74) is 3.81. The average molecular weight is 789 g/mol. The Kier molecular flexibility index (Phi) is 19.4. The van der Waals surface area contributed by atoms with Crippen LogP contribution in [0.25, 0.3) is 18.2 Å². The fourth-order valence-corrected chi connectivity index (χ4v) is 5.08. The number of phenols is 1. The summed E-state index contributed by atoms with van der Waals surface area (Å²) in [7, 11) is 0. The van der Waals surface area contributed by atoms with Gasteiger partial charge >= 0.3 is 23.9 Å². The van der Waals surface area contributed by atoms with Crippen LogP contribution in [0.5, 0.6) is 17.2 Å². The smallest absolute Gasteiger partial charge is 0.338 e. The number of aromatic hydroxyl groups is 1. The van der Waals surface area contributed by atoms with Gasteiger partial charge in [-0.25, -0.2) is 14.4 Å². The first-order chi connectivity index (χ1) is 27.4. The highest BCUT2D eigenvalue weighted by Gasteiger charge is 2.31. The molecule has 0 atom stereocenters. The Bertz CT molecular complexity index is 1980. The summed E-state index contributed by atoms with van der Waals surface area (Å²) in [6.07, 6.45) is 10.7. The molecule has 0 unspecified atom stereocenters. The molecule has 4 aromatic rings. The van der Waals surface area contributed by atoms with E-state index in [9.17, 15) is 19.2 Å². The van der Waals surface area contributed by atoms with E-state index in [1.807, 2.05) is 64.1 Å². The lowest BCUT2D eigenvalue weighted by Gasteiger charge is -2.33. The molecular weight excluding hydrogens is 733 g/mol. The molecule has 306 valence electrons. The lowest BCUT2D eigenvalue weighted by Crippen LogP contribution is -2.33. The van der Waals surface area contributed by atoms with Gasteiger partial charge in [0.25, 0.3) is 0 Å². The van der Waals surface area contributed by atoms with Crippen LogP contribution in [0.2, 0.25) is 0 Å². The normalized spacial score (nSPS) is 12.4. The zero-order chi connectivity index (χ0) is 43.3. The van der Waals surface area contributed by atoms with E-state index in [4.69, 9.17) is 24.1 Å². The number of hydrogen-bond donors (Lipinski definition) is 1. The standard InChI is InChI=1S/C16H20O2.C13H16O2.C10H10O3.C10H10O2/c1-3-13-7-9-14(10-8-13)15(17)18-16(2)11-5-4-6-12-16;1-5-10-6-8-11(9-7-10)12(14)15-13(2,3)4;1-7(2)10(12)13-9-5-3-8(11)4-6-9;1-3-9-4-6-10(7-5-9)12-8(2)11/h3,7-10H,1,4-6,11-12H2,2H3;5-9H,1H2,2-4H3;3-6,11H,1H2,2H3;3-7H,1H2,2H3. The van der Waals surface area contributed by atoms with E-state index in [-0.39, 0.29) is 29.3 Å². The van der Waals surface area contributed by atoms with Crippen molar-refractivity contribution in [3.05, 3.63) is 157 Å². The molecule has 9 heteroatoms. The molecule has 1 N–H and O–H groups in total. The maximum atomic E-state index is 12.1. The summed E-state index contributed by atoms with van der Waals surface area (Å²) >= 11 is 0. The van der Waals surface area contributed by atoms with Gasteiger partial charge in [-0.15, -0.1) is 0 Å². The second kappa shape index (κ2) is 23.6. The number of carbonyl (C=O) groups is 4. The summed E-state index contributed by atoms with van der Waals surface area (Å²) in [5, 5.41) is 8.94. The van der Waals surface area contributed by atoms with E-state index >= 15 is 0 Å². The van der Waals surface area contributed by atoms with Crippen molar-refractivity contribution in [3.63, 3.8) is 0 Å². The zero-order valence-corrected chi connectivity index (χ0v) is 34.5. The Morgan fingerprint density at radius 1 is 0.621 bits per heavy atom. The minimum Gasteiger partial charge on any atom is -0.508 e. The van der Waals surface area contributed by atoms with Crippen molar-refractivity contribution >= 4 is 42.1 Å². The minimum atomic E-state index is -0.467. The molecule has 0 spiro atoms. The van der Waals surface area contributed by atoms with Crippen LogP contribution >= 0.6 is 0 Å². The summed E-state index contributed by atoms with van der Waals surface area (Å²) in [6.45, 7) is 24.9. The number of esters is 4. The average Bonchev–Trinajstić information content (AvgIpc) is 3.19. The van der Waals surface area contributed by atoms with Gasteiger partial charge in [-0.3, -0.25) is 4.79 Å². The monoisotopic (exact) mass is 788 g/mol. The number of carbonyl (C=O) groups excluding carboxylic acids is 4. The fourth-order valence-electron chi connectivity index (χ4n) is 5.08. The number of ether oxygens (including phenoxy) is 4. The van der Waals surface area contributed by atoms with Crippen LogP contribution in [0.4, 0.5) is 0 Å². The highest BCUT2D eigenvalue weighted by Crippen LogP contribution is 2.32. The lowest BCUT2D eigenvalue weighted by atomic mass is 9.86. The minimum absolute atomic E-state index is 0.134. The Labute approximate surface area is 343 Å². The molecule has 1 fully saturated rings. The summed E-state index contributed by atoms with van der Waals surface area (Å²) in [4.78, 5) is 45.2. The topological polar surface area (TPSA) is 125 Å². The van der Waals surface area contributed by atoms with E-state index in [0.717, 1.165) is 42.4 Å². The van der Waals surface area contributed by atoms with Crippen LogP contribution in [0.15, 0.2) is 129 Å². The first kappa shape index (κ1) is 47.7. The number of hydrogen-bond acceptors (Lipinski definition) is 9. The van der Waals surface area contributed by atoms with Crippen molar-refractivity contribution in [2.45, 2.75) is 84.8 Å². The molecule has 0 aliphatic heterocycles. The second-order valence-electron chi connectivity index (χ2n) is 14.6. The van der Waals surface area contributed by atoms with Crippen molar-refractivity contribution in [3.8, 4) is 17.2 Å². The molecule has 0 heterocycles. The van der Waals surface area contributed by atoms with Crippen LogP contribution in [0.3, 0.4) is 0 Å². The van der Waals surface area contributed by atoms with Crippen molar-refractivity contribution in [2.75, 3.05) is 0 Å². The van der Waals surface area contributed by atoms with E-state index in [1.165, 1.54) is 37.6 Å². The van der Waals surface area contributed by atoms with Crippen LogP contribution in [-0.4, -0.2) is 40.2 Å². The van der Waals surface area contributed by atoms with E-state index in [0.29, 0.717) is 28.2 Å². The second-order valence-corrected chi connectivity index (χ2v) is 14.6. The van der Waals surface area contributed by atoms with Gasteiger partial charge in [0.2, 0.25) is 0 Å². The van der Waals surface area contributed by atoms with Gasteiger partial charge in [0, 0.05) is 12.5 Å². The molecule has 0 radical (unpaired) electrons. The summed E-state index contributed by atoms with van der Waals surface area (Å²) < 4.78 is 20.6. The van der Waals surface area contributed by atoms with Gasteiger partial charge < -0.3 is 24.1 Å². The van der Waals surface area contributed by atoms with E-state index < -0.39 is 11.6 Å². The molecule has 4 aromatic carbocycles. The quantitative estimate of drug-likeness (QED) is 0.100. The highest BCUT2D eigenvalue weighted by atomic mass is 16.6. The first-order valence-corrected chi connectivity index (χ1v) is 18.9. The maximum absolute atomic E-state index is 12.1. The number of rotatable bonds is 9. The molecule has 58 heavy (non-hydrogen) atoms. The van der Waals surface area contributed by atoms with Crippen molar-refractivity contribution in [2.24, 2.45) is 0 Å². The molecule has 9 nitrogen and oxygen atoms in total. The van der Waals surface area contributed by atoms with Crippen LogP contribution in [-0.2, 0) is 19.1 Å². The molecule has 5 rings (SSSR count). The summed E-state index contributed by atoms with van der Waals surface area (Å²) in [5.74, 6) is -0.186. The van der Waals surface area contributed by atoms with Gasteiger partial charge in [0.05, 0.1) is 11.1 Å². The predicted molar refractivity (Wildman–Crippen MR) is 232 cm³/mol. The molecule has 0 amide bonds. The Morgan fingerprint density at radius 3 is 1.41 bits per heavy atom. The first-order valence-electron chi connectivity index (χ1n) is 18.9. The molecule has 1 aliphatic rings. The van der Waals surface area contributed by atoms with Gasteiger partial charge in [-0.2, -0.15) is 0 Å². The molecule has 1 saturated carbocycles. The van der Waals surface area contributed by atoms with Crippen molar-refractivity contribution in [1.29, 1.82) is 0 Å². The van der Waals surface area contributed by atoms with Crippen LogP contribution in [0, 0.1) is 0 Å². The molecule has 1 aliphatic carbocycles. The van der Waals surface area contributed by atoms with Crippen LogP contribution in [0.1, 0.15) is 111 Å². The number of phenolic OH excluding ortho intramolecular Hbond substituents is 1. The largest absolute Gasteiger partial charge is 0.508 e. The molecule has 0 bridgehead atoms. The third kappa shape index (κ3) is 18.4. The number of benzene rings is 4. The fraction of sp³-hybridized carbons (Fsp3) is 0.265. The third-order valence-electron chi connectivity index (χ3n) is 8.19. The Hall–Kier alpha value is -6.48. The molecular formula is C49H56O9. The Balaban J connectivity index is 0.000000270.